The predicted octanol–water partition coefficient (Wildman–Crippen LogP) is 1.71. The molecule has 0 aliphatic heterocycles. The third-order valence-corrected chi connectivity index (χ3v) is 2.26. The van der Waals surface area contributed by atoms with Gasteiger partial charge in [0, 0.05) is 5.56 Å². The van der Waals surface area contributed by atoms with Gasteiger partial charge in [-0.15, -0.1) is 11.6 Å². The molecule has 0 aliphatic carbocycles. The normalized spacial score (nSPS) is 12.6. The Hall–Kier alpha value is -1.03. The van der Waals surface area contributed by atoms with Crippen LogP contribution in [0.4, 0.5) is 0 Å². The van der Waals surface area contributed by atoms with Gasteiger partial charge in [-0.3, -0.25) is 4.79 Å². The highest BCUT2D eigenvalue weighted by atomic mass is 35.5. The maximum atomic E-state index is 11.0. The van der Waals surface area contributed by atoms with Crippen LogP contribution in [0.3, 0.4) is 0 Å². The fourth-order valence-corrected chi connectivity index (χ4v) is 1.54. The Morgan fingerprint density at radius 3 is 2.71 bits per heavy atom. The second kappa shape index (κ2) is 4.46. The average molecular weight is 217 g/mol. The Bertz CT molecular complexity index is 316. The van der Waals surface area contributed by atoms with E-state index in [1.54, 1.807) is 0 Å². The quantitative estimate of drug-likeness (QED) is 0.783. The van der Waals surface area contributed by atoms with Crippen molar-refractivity contribution in [2.24, 2.45) is 0 Å². The number of rotatable bonds is 3. The third kappa shape index (κ3) is 2.26. The van der Waals surface area contributed by atoms with Crippen molar-refractivity contribution >= 4 is 17.5 Å². The molecule has 1 unspecified atom stereocenters. The van der Waals surface area contributed by atoms with E-state index in [0.29, 0.717) is 0 Å². The van der Waals surface area contributed by atoms with Crippen molar-refractivity contribution in [1.29, 1.82) is 0 Å². The zero-order valence-electron chi connectivity index (χ0n) is 8.43. The minimum Gasteiger partial charge on any atom is -0.361 e. The molecule has 1 aromatic rings. The maximum absolute atomic E-state index is 11.0. The first-order valence-electron chi connectivity index (χ1n) is 4.34. The molecule has 0 fully saturated rings. The van der Waals surface area contributed by atoms with Crippen LogP contribution >= 0.6 is 11.6 Å². The lowest BCUT2D eigenvalue weighted by Gasteiger charge is -2.12. The zero-order valence-corrected chi connectivity index (χ0v) is 9.18. The van der Waals surface area contributed by atoms with E-state index in [0.717, 1.165) is 17.0 Å². The van der Waals surface area contributed by atoms with Crippen LogP contribution in [-0.4, -0.2) is 16.9 Å². The lowest BCUT2D eigenvalue weighted by atomic mass is 10.1. The average Bonchev–Trinajstić information content (AvgIpc) is 2.46. The highest BCUT2D eigenvalue weighted by Gasteiger charge is 2.17. The van der Waals surface area contributed by atoms with E-state index >= 15 is 0 Å². The lowest BCUT2D eigenvalue weighted by Crippen LogP contribution is -2.28. The molecule has 0 radical (unpaired) electrons. The number of amides is 1. The van der Waals surface area contributed by atoms with Crippen molar-refractivity contribution in [3.8, 4) is 0 Å². The minimum atomic E-state index is -0.195. The summed E-state index contributed by atoms with van der Waals surface area (Å²) in [5, 5.41) is 6.55. The van der Waals surface area contributed by atoms with Gasteiger partial charge in [0.1, 0.15) is 11.6 Å². The zero-order chi connectivity index (χ0) is 10.7. The van der Waals surface area contributed by atoms with Gasteiger partial charge >= 0.3 is 0 Å². The molecule has 1 rings (SSSR count). The number of hydrogen-bond donors (Lipinski definition) is 1. The van der Waals surface area contributed by atoms with E-state index in [1.165, 1.54) is 0 Å². The van der Waals surface area contributed by atoms with Crippen LogP contribution in [0.1, 0.15) is 30.0 Å². The van der Waals surface area contributed by atoms with Crippen molar-refractivity contribution < 1.29 is 9.32 Å². The molecule has 78 valence electrons. The monoisotopic (exact) mass is 216 g/mol. The molecule has 0 aromatic carbocycles. The Labute approximate surface area is 87.6 Å². The summed E-state index contributed by atoms with van der Waals surface area (Å²) < 4.78 is 5.00. The largest absolute Gasteiger partial charge is 0.361 e. The molecule has 0 spiro atoms. The Kier molecular flexibility index (Phi) is 3.52. The van der Waals surface area contributed by atoms with Gasteiger partial charge in [0.05, 0.1) is 11.7 Å². The molecule has 14 heavy (non-hydrogen) atoms. The van der Waals surface area contributed by atoms with Gasteiger partial charge in [-0.05, 0) is 20.8 Å². The van der Waals surface area contributed by atoms with Crippen LogP contribution in [0.5, 0.6) is 0 Å². The van der Waals surface area contributed by atoms with Gasteiger partial charge in [-0.25, -0.2) is 0 Å². The number of carbonyl (C=O) groups is 1. The summed E-state index contributed by atoms with van der Waals surface area (Å²) in [4.78, 5) is 11.0. The number of nitrogens with zero attached hydrogens (tertiary/aromatic N) is 1. The first kappa shape index (κ1) is 11.0. The van der Waals surface area contributed by atoms with Crippen molar-refractivity contribution in [1.82, 2.24) is 10.5 Å². The Balaban J connectivity index is 2.78. The number of nitrogens with one attached hydrogen (secondary N) is 1. The molecule has 0 bridgehead atoms. The molecule has 1 aromatic heterocycles. The fourth-order valence-electron chi connectivity index (χ4n) is 1.46. The van der Waals surface area contributed by atoms with Crippen LogP contribution in [0.25, 0.3) is 0 Å². The van der Waals surface area contributed by atoms with Gasteiger partial charge < -0.3 is 9.84 Å². The van der Waals surface area contributed by atoms with Crippen LogP contribution < -0.4 is 5.32 Å². The van der Waals surface area contributed by atoms with Gasteiger partial charge in [-0.2, -0.15) is 0 Å². The number of halogens is 1. The summed E-state index contributed by atoms with van der Waals surface area (Å²) >= 11 is 5.39. The van der Waals surface area contributed by atoms with E-state index in [2.05, 4.69) is 10.5 Å². The summed E-state index contributed by atoms with van der Waals surface area (Å²) in [6.07, 6.45) is 0. The molecule has 0 saturated carbocycles. The molecule has 1 amide bonds. The standard InChI is InChI=1S/C9H13ClN2O2/c1-5(11-8(13)4-10)9-6(2)12-14-7(9)3/h5H,4H2,1-3H3,(H,11,13). The fraction of sp³-hybridized carbons (Fsp3) is 0.556. The second-order valence-corrected chi connectivity index (χ2v) is 3.43. The van der Waals surface area contributed by atoms with Crippen molar-refractivity contribution in [2.45, 2.75) is 26.8 Å². The van der Waals surface area contributed by atoms with Gasteiger partial charge in [0.15, 0.2) is 0 Å². The number of alkyl halides is 1. The highest BCUT2D eigenvalue weighted by molar-refractivity contribution is 6.27. The first-order valence-corrected chi connectivity index (χ1v) is 4.87. The molecule has 1 atom stereocenters. The van der Waals surface area contributed by atoms with Gasteiger partial charge in [0.2, 0.25) is 5.91 Å². The minimum absolute atomic E-state index is 0.0340. The molecular weight excluding hydrogens is 204 g/mol. The first-order chi connectivity index (χ1) is 6.56. The van der Waals surface area contributed by atoms with Gasteiger partial charge in [-0.1, -0.05) is 5.16 Å². The molecular formula is C9H13ClN2O2. The van der Waals surface area contributed by atoms with E-state index in [4.69, 9.17) is 16.1 Å². The van der Waals surface area contributed by atoms with Crippen LogP contribution in [-0.2, 0) is 4.79 Å². The summed E-state index contributed by atoms with van der Waals surface area (Å²) in [6, 6.07) is -0.118. The topological polar surface area (TPSA) is 55.1 Å². The van der Waals surface area contributed by atoms with Crippen LogP contribution in [0.2, 0.25) is 0 Å². The van der Waals surface area contributed by atoms with E-state index in [9.17, 15) is 4.79 Å². The van der Waals surface area contributed by atoms with E-state index in [-0.39, 0.29) is 17.8 Å². The third-order valence-electron chi connectivity index (χ3n) is 2.02. The summed E-state index contributed by atoms with van der Waals surface area (Å²) in [7, 11) is 0. The summed E-state index contributed by atoms with van der Waals surface area (Å²) in [6.45, 7) is 5.53. The van der Waals surface area contributed by atoms with Crippen molar-refractivity contribution in [2.75, 3.05) is 5.88 Å². The molecule has 1 N–H and O–H groups in total. The molecule has 0 aliphatic rings. The van der Waals surface area contributed by atoms with Crippen molar-refractivity contribution in [3.63, 3.8) is 0 Å². The summed E-state index contributed by atoms with van der Waals surface area (Å²) in [5.74, 6) is 0.498. The molecule has 5 heteroatoms. The number of carbonyl (C=O) groups excluding carboxylic acids is 1. The van der Waals surface area contributed by atoms with Crippen LogP contribution in [0, 0.1) is 13.8 Å². The lowest BCUT2D eigenvalue weighted by molar-refractivity contribution is -0.119. The SMILES string of the molecule is Cc1noc(C)c1C(C)NC(=O)CCl. The molecule has 1 heterocycles. The Morgan fingerprint density at radius 1 is 1.64 bits per heavy atom. The molecule has 4 nitrogen and oxygen atoms in total. The Morgan fingerprint density at radius 2 is 2.29 bits per heavy atom. The maximum Gasteiger partial charge on any atom is 0.235 e. The number of aromatic nitrogens is 1. The second-order valence-electron chi connectivity index (χ2n) is 3.16. The van der Waals surface area contributed by atoms with E-state index < -0.39 is 0 Å². The predicted molar refractivity (Wildman–Crippen MR) is 53.3 cm³/mol. The van der Waals surface area contributed by atoms with E-state index in [1.807, 2.05) is 20.8 Å². The van der Waals surface area contributed by atoms with Crippen LogP contribution in [0.15, 0.2) is 4.52 Å². The van der Waals surface area contributed by atoms with Gasteiger partial charge in [0.25, 0.3) is 0 Å². The molecule has 0 saturated heterocycles. The number of aryl methyl sites for hydroxylation is 2. The number of hydrogen-bond acceptors (Lipinski definition) is 3. The summed E-state index contributed by atoms with van der Waals surface area (Å²) in [5.41, 5.74) is 1.72. The van der Waals surface area contributed by atoms with Crippen molar-refractivity contribution in [3.05, 3.63) is 17.0 Å². The highest BCUT2D eigenvalue weighted by Crippen LogP contribution is 2.20. The smallest absolute Gasteiger partial charge is 0.235 e.